The predicted molar refractivity (Wildman–Crippen MR) is 72.7 cm³/mol. The highest BCUT2D eigenvalue weighted by Crippen LogP contribution is 2.27. The lowest BCUT2D eigenvalue weighted by atomic mass is 10.0. The number of amides is 1. The first-order chi connectivity index (χ1) is 9.22. The van der Waals surface area contributed by atoms with Gasteiger partial charge in [0.15, 0.2) is 0 Å². The fourth-order valence-corrected chi connectivity index (χ4v) is 2.59. The average molecular weight is 273 g/mol. The molecule has 4 nitrogen and oxygen atoms in total. The first-order valence-corrected chi connectivity index (χ1v) is 6.84. The number of aryl methyl sites for hydroxylation is 1. The van der Waals surface area contributed by atoms with Gasteiger partial charge in [0.05, 0.1) is 5.56 Å². The third-order valence-corrected chi connectivity index (χ3v) is 3.63. The Morgan fingerprint density at radius 3 is 2.95 bits per heavy atom. The maximum absolute atomic E-state index is 11.8. The Hall–Kier alpha value is -2.14. The standard InChI is InChI=1S/C14H11NO3S/c16-13-4-2-9-1-3-11(7-12(9)15-13)18-14(17)10-5-6-19-8-10/h1,3,5-8H,2,4H2,(H,15,16). The van der Waals surface area contributed by atoms with Crippen LogP contribution in [0.5, 0.6) is 5.75 Å². The lowest BCUT2D eigenvalue weighted by Gasteiger charge is -2.17. The third kappa shape index (κ3) is 2.51. The van der Waals surface area contributed by atoms with Crippen molar-refractivity contribution in [3.05, 3.63) is 46.2 Å². The van der Waals surface area contributed by atoms with Gasteiger partial charge in [-0.25, -0.2) is 4.79 Å². The van der Waals surface area contributed by atoms with Crippen molar-refractivity contribution in [1.82, 2.24) is 0 Å². The molecule has 0 aliphatic carbocycles. The van der Waals surface area contributed by atoms with Gasteiger partial charge in [-0.3, -0.25) is 4.79 Å². The molecule has 1 amide bonds. The van der Waals surface area contributed by atoms with E-state index in [1.54, 1.807) is 23.6 Å². The van der Waals surface area contributed by atoms with Gasteiger partial charge in [-0.2, -0.15) is 11.3 Å². The van der Waals surface area contributed by atoms with E-state index in [1.807, 2.05) is 11.4 Å². The molecule has 2 aromatic rings. The van der Waals surface area contributed by atoms with Crippen molar-refractivity contribution in [2.75, 3.05) is 5.32 Å². The van der Waals surface area contributed by atoms with Crippen molar-refractivity contribution in [2.24, 2.45) is 0 Å². The largest absolute Gasteiger partial charge is 0.423 e. The lowest BCUT2D eigenvalue weighted by Crippen LogP contribution is -2.19. The Morgan fingerprint density at radius 1 is 1.26 bits per heavy atom. The normalized spacial score (nSPS) is 13.6. The van der Waals surface area contributed by atoms with Gasteiger partial charge in [-0.05, 0) is 29.5 Å². The summed E-state index contributed by atoms with van der Waals surface area (Å²) < 4.78 is 5.28. The zero-order chi connectivity index (χ0) is 13.2. The SMILES string of the molecule is O=C1CCc2ccc(OC(=O)c3ccsc3)cc2N1. The van der Waals surface area contributed by atoms with Gasteiger partial charge in [0, 0.05) is 23.6 Å². The van der Waals surface area contributed by atoms with Gasteiger partial charge >= 0.3 is 5.97 Å². The molecule has 0 saturated carbocycles. The van der Waals surface area contributed by atoms with Crippen LogP contribution in [0.15, 0.2) is 35.0 Å². The van der Waals surface area contributed by atoms with Crippen molar-refractivity contribution < 1.29 is 14.3 Å². The monoisotopic (exact) mass is 273 g/mol. The number of fused-ring (bicyclic) bond motifs is 1. The number of esters is 1. The average Bonchev–Trinajstić information content (AvgIpc) is 2.92. The molecule has 19 heavy (non-hydrogen) atoms. The summed E-state index contributed by atoms with van der Waals surface area (Å²) in [5, 5.41) is 6.34. The second kappa shape index (κ2) is 4.85. The van der Waals surface area contributed by atoms with Crippen LogP contribution in [0.1, 0.15) is 22.3 Å². The van der Waals surface area contributed by atoms with E-state index < -0.39 is 0 Å². The van der Waals surface area contributed by atoms with Crippen LogP contribution in [0.2, 0.25) is 0 Å². The van der Waals surface area contributed by atoms with Crippen molar-refractivity contribution in [3.8, 4) is 5.75 Å². The van der Waals surface area contributed by atoms with Crippen LogP contribution in [0, 0.1) is 0 Å². The Balaban J connectivity index is 1.81. The molecule has 2 heterocycles. The molecule has 96 valence electrons. The van der Waals surface area contributed by atoms with Crippen LogP contribution in [0.3, 0.4) is 0 Å². The first-order valence-electron chi connectivity index (χ1n) is 5.89. The molecule has 1 aliphatic rings. The molecule has 3 rings (SSSR count). The minimum Gasteiger partial charge on any atom is -0.423 e. The van der Waals surface area contributed by atoms with E-state index in [4.69, 9.17) is 4.74 Å². The summed E-state index contributed by atoms with van der Waals surface area (Å²) in [6, 6.07) is 7.04. The number of hydrogen-bond acceptors (Lipinski definition) is 4. The first kappa shape index (κ1) is 11.9. The summed E-state index contributed by atoms with van der Waals surface area (Å²) in [7, 11) is 0. The summed E-state index contributed by atoms with van der Waals surface area (Å²) >= 11 is 1.44. The predicted octanol–water partition coefficient (Wildman–Crippen LogP) is 2.85. The minimum atomic E-state index is -0.386. The molecular weight excluding hydrogens is 262 g/mol. The van der Waals surface area contributed by atoms with Crippen molar-refractivity contribution >= 4 is 28.9 Å². The van der Waals surface area contributed by atoms with Gasteiger partial charge in [-0.15, -0.1) is 0 Å². The van der Waals surface area contributed by atoms with E-state index in [2.05, 4.69) is 5.32 Å². The number of hydrogen-bond donors (Lipinski definition) is 1. The minimum absolute atomic E-state index is 0.00573. The van der Waals surface area contributed by atoms with Crippen LogP contribution >= 0.6 is 11.3 Å². The Bertz CT molecular complexity index is 634. The zero-order valence-corrected chi connectivity index (χ0v) is 10.8. The highest BCUT2D eigenvalue weighted by Gasteiger charge is 2.16. The quantitative estimate of drug-likeness (QED) is 0.676. The number of nitrogens with one attached hydrogen (secondary N) is 1. The molecule has 5 heteroatoms. The van der Waals surface area contributed by atoms with Crippen molar-refractivity contribution in [3.63, 3.8) is 0 Å². The molecule has 0 unspecified atom stereocenters. The molecule has 1 aromatic heterocycles. The van der Waals surface area contributed by atoms with E-state index in [0.717, 1.165) is 17.7 Å². The number of anilines is 1. The molecule has 0 bridgehead atoms. The summed E-state index contributed by atoms with van der Waals surface area (Å²) in [6.07, 6.45) is 1.22. The van der Waals surface area contributed by atoms with Gasteiger partial charge in [-0.1, -0.05) is 6.07 Å². The molecule has 0 radical (unpaired) electrons. The second-order valence-corrected chi connectivity index (χ2v) is 5.05. The summed E-state index contributed by atoms with van der Waals surface area (Å²) in [5.74, 6) is 0.0503. The number of rotatable bonds is 2. The highest BCUT2D eigenvalue weighted by molar-refractivity contribution is 7.08. The number of carbonyl (C=O) groups excluding carboxylic acids is 2. The molecule has 0 fully saturated rings. The van der Waals surface area contributed by atoms with Crippen LogP contribution in [0.25, 0.3) is 0 Å². The summed E-state index contributed by atoms with van der Waals surface area (Å²) in [6.45, 7) is 0. The third-order valence-electron chi connectivity index (χ3n) is 2.94. The van der Waals surface area contributed by atoms with Gasteiger partial charge in [0.2, 0.25) is 5.91 Å². The number of benzene rings is 1. The van der Waals surface area contributed by atoms with Crippen LogP contribution in [-0.4, -0.2) is 11.9 Å². The molecule has 1 N–H and O–H groups in total. The van der Waals surface area contributed by atoms with Crippen LogP contribution in [0.4, 0.5) is 5.69 Å². The Kier molecular flexibility index (Phi) is 3.05. The maximum Gasteiger partial charge on any atom is 0.344 e. The van der Waals surface area contributed by atoms with E-state index in [9.17, 15) is 9.59 Å². The maximum atomic E-state index is 11.8. The fourth-order valence-electron chi connectivity index (χ4n) is 1.96. The Morgan fingerprint density at radius 2 is 2.16 bits per heavy atom. The number of carbonyl (C=O) groups is 2. The zero-order valence-electron chi connectivity index (χ0n) is 10.0. The fraction of sp³-hybridized carbons (Fsp3) is 0.143. The van der Waals surface area contributed by atoms with Crippen molar-refractivity contribution in [1.29, 1.82) is 0 Å². The topological polar surface area (TPSA) is 55.4 Å². The molecule has 1 aromatic carbocycles. The van der Waals surface area contributed by atoms with Crippen LogP contribution < -0.4 is 10.1 Å². The van der Waals surface area contributed by atoms with Gasteiger partial charge < -0.3 is 10.1 Å². The second-order valence-electron chi connectivity index (χ2n) is 4.27. The van der Waals surface area contributed by atoms with Crippen molar-refractivity contribution in [2.45, 2.75) is 12.8 Å². The molecular formula is C14H11NO3S. The van der Waals surface area contributed by atoms with Gasteiger partial charge in [0.25, 0.3) is 0 Å². The number of ether oxygens (including phenoxy) is 1. The van der Waals surface area contributed by atoms with E-state index in [1.165, 1.54) is 11.3 Å². The van der Waals surface area contributed by atoms with Crippen LogP contribution in [-0.2, 0) is 11.2 Å². The number of thiophene rings is 1. The highest BCUT2D eigenvalue weighted by atomic mass is 32.1. The summed E-state index contributed by atoms with van der Waals surface area (Å²) in [4.78, 5) is 23.1. The molecule has 0 spiro atoms. The Labute approximate surface area is 114 Å². The van der Waals surface area contributed by atoms with Gasteiger partial charge in [0.1, 0.15) is 5.75 Å². The van der Waals surface area contributed by atoms with E-state index in [0.29, 0.717) is 17.7 Å². The smallest absolute Gasteiger partial charge is 0.344 e. The van der Waals surface area contributed by atoms with E-state index in [-0.39, 0.29) is 11.9 Å². The summed E-state index contributed by atoms with van der Waals surface area (Å²) in [5.41, 5.74) is 2.33. The lowest BCUT2D eigenvalue weighted by molar-refractivity contribution is -0.116. The van der Waals surface area contributed by atoms with E-state index >= 15 is 0 Å². The molecule has 1 aliphatic heterocycles. The molecule has 0 atom stereocenters. The molecule has 0 saturated heterocycles.